The second kappa shape index (κ2) is 6.36. The Balaban J connectivity index is 1.83. The number of halogens is 1. The Labute approximate surface area is 142 Å². The van der Waals surface area contributed by atoms with E-state index in [-0.39, 0.29) is 5.91 Å². The smallest absolute Gasteiger partial charge is 0.255 e. The van der Waals surface area contributed by atoms with E-state index in [1.165, 1.54) is 0 Å². The number of methoxy groups -OCH3 is 1. The monoisotopic (exact) mass is 413 g/mol. The van der Waals surface area contributed by atoms with Crippen LogP contribution in [0.2, 0.25) is 0 Å². The van der Waals surface area contributed by atoms with Gasteiger partial charge in [-0.1, -0.05) is 18.2 Å². The van der Waals surface area contributed by atoms with Crippen LogP contribution >= 0.6 is 33.9 Å². The van der Waals surface area contributed by atoms with E-state index in [0.29, 0.717) is 12.6 Å². The van der Waals surface area contributed by atoms with Gasteiger partial charge in [0.15, 0.2) is 0 Å². The van der Waals surface area contributed by atoms with E-state index in [0.717, 1.165) is 32.6 Å². The summed E-state index contributed by atoms with van der Waals surface area (Å²) in [5.74, 6) is 0.971. The first kappa shape index (κ1) is 14.8. The Hall–Kier alpha value is -1.08. The van der Waals surface area contributed by atoms with Gasteiger partial charge in [0.1, 0.15) is 5.75 Å². The molecule has 1 aromatic carbocycles. The van der Waals surface area contributed by atoms with Crippen LogP contribution in [0.25, 0.3) is 0 Å². The van der Waals surface area contributed by atoms with Crippen molar-refractivity contribution in [1.82, 2.24) is 4.90 Å². The summed E-state index contributed by atoms with van der Waals surface area (Å²) in [6.07, 6.45) is 2.20. The number of amides is 1. The highest BCUT2D eigenvalue weighted by molar-refractivity contribution is 14.1. The highest BCUT2D eigenvalue weighted by Gasteiger charge is 2.33. The molecule has 0 spiro atoms. The third-order valence-corrected chi connectivity index (χ3v) is 5.39. The number of hydrogen-bond donors (Lipinski definition) is 0. The van der Waals surface area contributed by atoms with Crippen LogP contribution < -0.4 is 4.74 Å². The minimum atomic E-state index is 0.127. The van der Waals surface area contributed by atoms with Gasteiger partial charge < -0.3 is 9.64 Å². The molecule has 1 aliphatic rings. The zero-order valence-corrected chi connectivity index (χ0v) is 14.7. The van der Waals surface area contributed by atoms with Gasteiger partial charge in [-0.25, -0.2) is 0 Å². The number of ether oxygens (including phenoxy) is 1. The van der Waals surface area contributed by atoms with Crippen LogP contribution in [-0.2, 0) is 6.54 Å². The van der Waals surface area contributed by atoms with Crippen LogP contribution in [0.3, 0.4) is 0 Å². The molecule has 0 bridgehead atoms. The molecule has 0 saturated heterocycles. The second-order valence-corrected chi connectivity index (χ2v) is 7.92. The molecule has 1 aromatic heterocycles. The lowest BCUT2D eigenvalue weighted by molar-refractivity contribution is 0.0729. The number of carbonyl (C=O) groups excluding carboxylic acids is 1. The van der Waals surface area contributed by atoms with Crippen LogP contribution in [0, 0.1) is 2.88 Å². The number of thiophene rings is 1. The molecule has 5 heteroatoms. The molecule has 0 N–H and O–H groups in total. The van der Waals surface area contributed by atoms with Crippen molar-refractivity contribution in [2.24, 2.45) is 0 Å². The first-order valence-electron chi connectivity index (χ1n) is 6.86. The van der Waals surface area contributed by atoms with Crippen molar-refractivity contribution in [2.75, 3.05) is 7.11 Å². The van der Waals surface area contributed by atoms with E-state index in [9.17, 15) is 4.79 Å². The van der Waals surface area contributed by atoms with Gasteiger partial charge in [-0.2, -0.15) is 0 Å². The summed E-state index contributed by atoms with van der Waals surface area (Å²) in [5.41, 5.74) is 1.86. The Kier molecular flexibility index (Phi) is 4.49. The second-order valence-electron chi connectivity index (χ2n) is 5.12. The lowest BCUT2D eigenvalue weighted by Gasteiger charge is -2.23. The van der Waals surface area contributed by atoms with Crippen molar-refractivity contribution in [3.63, 3.8) is 0 Å². The van der Waals surface area contributed by atoms with Gasteiger partial charge in [-0.15, -0.1) is 11.3 Å². The Morgan fingerprint density at radius 1 is 1.43 bits per heavy atom. The molecule has 0 aliphatic heterocycles. The van der Waals surface area contributed by atoms with E-state index in [1.807, 2.05) is 40.6 Å². The fourth-order valence-electron chi connectivity index (χ4n) is 2.36. The molecular formula is C16H16INO2S. The number of carbonyl (C=O) groups is 1. The number of rotatable bonds is 5. The van der Waals surface area contributed by atoms with Gasteiger partial charge >= 0.3 is 0 Å². The maximum atomic E-state index is 12.7. The molecule has 1 aliphatic carbocycles. The number of nitrogens with zero attached hydrogens (tertiary/aromatic N) is 1. The SMILES string of the molecule is COc1ccccc1CN(C(=O)c1csc(I)c1)C1CC1. The number of para-hydroxylation sites is 1. The van der Waals surface area contributed by atoms with Crippen molar-refractivity contribution >= 4 is 39.8 Å². The van der Waals surface area contributed by atoms with E-state index in [4.69, 9.17) is 4.74 Å². The average molecular weight is 413 g/mol. The molecule has 1 fully saturated rings. The summed E-state index contributed by atoms with van der Waals surface area (Å²) in [6, 6.07) is 10.2. The first-order valence-corrected chi connectivity index (χ1v) is 8.82. The highest BCUT2D eigenvalue weighted by atomic mass is 127. The summed E-state index contributed by atoms with van der Waals surface area (Å²) in [5, 5.41) is 1.95. The highest BCUT2D eigenvalue weighted by Crippen LogP contribution is 2.32. The molecule has 0 atom stereocenters. The molecule has 1 saturated carbocycles. The van der Waals surface area contributed by atoms with Gasteiger partial charge in [0, 0.05) is 23.5 Å². The van der Waals surface area contributed by atoms with Crippen LogP contribution in [0.5, 0.6) is 5.75 Å². The normalized spacial score (nSPS) is 14.0. The fraction of sp³-hybridized carbons (Fsp3) is 0.312. The summed E-state index contributed by atoms with van der Waals surface area (Å²) < 4.78 is 6.54. The molecule has 3 rings (SSSR count). The van der Waals surface area contributed by atoms with Gasteiger partial charge in [-0.05, 0) is 47.6 Å². The molecular weight excluding hydrogens is 397 g/mol. The van der Waals surface area contributed by atoms with Crippen molar-refractivity contribution < 1.29 is 9.53 Å². The molecule has 0 unspecified atom stereocenters. The molecule has 1 heterocycles. The Morgan fingerprint density at radius 2 is 2.19 bits per heavy atom. The largest absolute Gasteiger partial charge is 0.496 e. The third kappa shape index (κ3) is 3.40. The van der Waals surface area contributed by atoms with Gasteiger partial charge in [0.2, 0.25) is 0 Å². The predicted molar refractivity (Wildman–Crippen MR) is 92.9 cm³/mol. The van der Waals surface area contributed by atoms with E-state index in [1.54, 1.807) is 18.4 Å². The Morgan fingerprint density at radius 3 is 2.81 bits per heavy atom. The summed E-state index contributed by atoms with van der Waals surface area (Å²) in [6.45, 7) is 0.611. The maximum Gasteiger partial charge on any atom is 0.255 e. The average Bonchev–Trinajstić information content (AvgIpc) is 3.25. The van der Waals surface area contributed by atoms with Crippen LogP contribution in [0.15, 0.2) is 35.7 Å². The molecule has 1 amide bonds. The summed E-state index contributed by atoms with van der Waals surface area (Å²) in [4.78, 5) is 14.7. The fourth-order valence-corrected chi connectivity index (χ4v) is 3.68. The molecule has 2 aromatic rings. The number of hydrogen-bond acceptors (Lipinski definition) is 3. The van der Waals surface area contributed by atoms with Crippen molar-refractivity contribution in [1.29, 1.82) is 0 Å². The van der Waals surface area contributed by atoms with E-state index >= 15 is 0 Å². The van der Waals surface area contributed by atoms with Crippen molar-refractivity contribution in [2.45, 2.75) is 25.4 Å². The zero-order chi connectivity index (χ0) is 14.8. The van der Waals surface area contributed by atoms with Gasteiger partial charge in [-0.3, -0.25) is 4.79 Å². The topological polar surface area (TPSA) is 29.5 Å². The third-order valence-electron chi connectivity index (χ3n) is 3.60. The van der Waals surface area contributed by atoms with Gasteiger partial charge in [0.05, 0.1) is 15.6 Å². The quantitative estimate of drug-likeness (QED) is 0.689. The number of benzene rings is 1. The minimum absolute atomic E-state index is 0.127. The molecule has 110 valence electrons. The van der Waals surface area contributed by atoms with Crippen LogP contribution in [0.4, 0.5) is 0 Å². The summed E-state index contributed by atoms with van der Waals surface area (Å²) in [7, 11) is 1.67. The lowest BCUT2D eigenvalue weighted by atomic mass is 10.1. The molecule has 0 radical (unpaired) electrons. The Bertz CT molecular complexity index is 651. The van der Waals surface area contributed by atoms with Crippen LogP contribution in [-0.4, -0.2) is 24.0 Å². The van der Waals surface area contributed by atoms with E-state index < -0.39 is 0 Å². The first-order chi connectivity index (χ1) is 10.2. The molecule has 21 heavy (non-hydrogen) atoms. The predicted octanol–water partition coefficient (Wildman–Crippen LogP) is 4.17. The minimum Gasteiger partial charge on any atom is -0.496 e. The van der Waals surface area contributed by atoms with Crippen molar-refractivity contribution in [3.8, 4) is 5.75 Å². The maximum absolute atomic E-state index is 12.7. The van der Waals surface area contributed by atoms with Gasteiger partial charge in [0.25, 0.3) is 5.91 Å². The summed E-state index contributed by atoms with van der Waals surface area (Å²) >= 11 is 3.86. The van der Waals surface area contributed by atoms with E-state index in [2.05, 4.69) is 22.6 Å². The lowest BCUT2D eigenvalue weighted by Crippen LogP contribution is -2.32. The zero-order valence-electron chi connectivity index (χ0n) is 11.7. The van der Waals surface area contributed by atoms with Crippen molar-refractivity contribution in [3.05, 3.63) is 49.7 Å². The standard InChI is InChI=1S/C16H16INO2S/c1-20-14-5-3-2-4-11(14)9-18(13-6-7-13)16(19)12-8-15(17)21-10-12/h2-5,8,10,13H,6-7,9H2,1H3. The molecule has 3 nitrogen and oxygen atoms in total. The van der Waals surface area contributed by atoms with Crippen LogP contribution in [0.1, 0.15) is 28.8 Å².